The maximum atomic E-state index is 9.94. The third-order valence-corrected chi connectivity index (χ3v) is 4.97. The fourth-order valence-electron chi connectivity index (χ4n) is 1.35. The summed E-state index contributed by atoms with van der Waals surface area (Å²) in [6, 6.07) is 0. The van der Waals surface area contributed by atoms with Gasteiger partial charge in [0.1, 0.15) is 0 Å². The van der Waals surface area contributed by atoms with Gasteiger partial charge in [0.15, 0.2) is 0 Å². The second-order valence-corrected chi connectivity index (χ2v) is 7.09. The number of hydrogen-bond donors (Lipinski definition) is 2. The first-order valence-electron chi connectivity index (χ1n) is 5.04. The molecule has 0 bridgehead atoms. The van der Waals surface area contributed by atoms with E-state index < -0.39 is 11.2 Å². The molecular formula is C12H18O2Se. The number of rotatable bonds is 1. The Morgan fingerprint density at radius 1 is 1.20 bits per heavy atom. The van der Waals surface area contributed by atoms with Crippen LogP contribution in [0.2, 0.25) is 5.32 Å². The summed E-state index contributed by atoms with van der Waals surface area (Å²) in [7, 11) is 0. The third-order valence-electron chi connectivity index (χ3n) is 1.95. The Hall–Kier alpha value is -0.261. The molecule has 0 radical (unpaired) electrons. The van der Waals surface area contributed by atoms with Crippen molar-refractivity contribution < 1.29 is 10.2 Å². The fourth-order valence-corrected chi connectivity index (χ4v) is 3.85. The van der Waals surface area contributed by atoms with E-state index in [4.69, 9.17) is 0 Å². The van der Waals surface area contributed by atoms with Crippen molar-refractivity contribution in [3.63, 3.8) is 0 Å². The standard InChI is InChI=1S/C12H18O2Se/c1-11(2,13)7-5-9-6-8-15-10(9)12(3,4)14/h13-14H,6,8H2,1-4H3. The van der Waals surface area contributed by atoms with Gasteiger partial charge < -0.3 is 0 Å². The van der Waals surface area contributed by atoms with Gasteiger partial charge in [0.25, 0.3) is 0 Å². The predicted molar refractivity (Wildman–Crippen MR) is 62.6 cm³/mol. The molecule has 1 heterocycles. The van der Waals surface area contributed by atoms with Crippen LogP contribution in [0.5, 0.6) is 0 Å². The van der Waals surface area contributed by atoms with E-state index in [0.29, 0.717) is 15.0 Å². The van der Waals surface area contributed by atoms with Gasteiger partial charge in [-0.05, 0) is 0 Å². The third kappa shape index (κ3) is 4.01. The van der Waals surface area contributed by atoms with Crippen molar-refractivity contribution in [3.8, 4) is 11.8 Å². The molecule has 0 saturated carbocycles. The monoisotopic (exact) mass is 274 g/mol. The Bertz CT molecular complexity index is 331. The van der Waals surface area contributed by atoms with Crippen LogP contribution in [-0.4, -0.2) is 36.4 Å². The average Bonchev–Trinajstić information content (AvgIpc) is 2.45. The van der Waals surface area contributed by atoms with Gasteiger partial charge in [-0.25, -0.2) is 0 Å². The first-order chi connectivity index (χ1) is 6.70. The molecule has 0 saturated heterocycles. The number of allylic oxidation sites excluding steroid dienone is 1. The molecule has 1 rings (SSSR count). The van der Waals surface area contributed by atoms with Crippen LogP contribution < -0.4 is 0 Å². The van der Waals surface area contributed by atoms with Crippen LogP contribution in [-0.2, 0) is 0 Å². The van der Waals surface area contributed by atoms with Crippen LogP contribution >= 0.6 is 0 Å². The average molecular weight is 273 g/mol. The summed E-state index contributed by atoms with van der Waals surface area (Å²) < 4.78 is 1.09. The van der Waals surface area contributed by atoms with Gasteiger partial charge >= 0.3 is 97.7 Å². The minimum atomic E-state index is -0.951. The van der Waals surface area contributed by atoms with Gasteiger partial charge in [-0.1, -0.05) is 0 Å². The van der Waals surface area contributed by atoms with Crippen molar-refractivity contribution in [2.45, 2.75) is 50.6 Å². The zero-order valence-corrected chi connectivity index (χ0v) is 11.4. The minimum absolute atomic E-state index is 0.363. The fraction of sp³-hybridized carbons (Fsp3) is 0.667. The van der Waals surface area contributed by atoms with Crippen LogP contribution in [0.1, 0.15) is 34.1 Å². The van der Waals surface area contributed by atoms with Crippen LogP contribution in [0.3, 0.4) is 0 Å². The Balaban J connectivity index is 2.97. The van der Waals surface area contributed by atoms with Crippen LogP contribution in [0.15, 0.2) is 10.0 Å². The first-order valence-corrected chi connectivity index (χ1v) is 7.11. The maximum absolute atomic E-state index is 9.94. The van der Waals surface area contributed by atoms with E-state index in [9.17, 15) is 10.2 Å². The quantitative estimate of drug-likeness (QED) is 0.558. The van der Waals surface area contributed by atoms with Crippen molar-refractivity contribution in [1.29, 1.82) is 0 Å². The second kappa shape index (κ2) is 4.31. The molecule has 0 spiro atoms. The molecular weight excluding hydrogens is 255 g/mol. The molecule has 0 amide bonds. The Kier molecular flexibility index (Phi) is 3.68. The van der Waals surface area contributed by atoms with Crippen LogP contribution in [0, 0.1) is 11.8 Å². The summed E-state index contributed by atoms with van der Waals surface area (Å²) in [4.78, 5) is 0. The van der Waals surface area contributed by atoms with Gasteiger partial charge in [-0.15, -0.1) is 0 Å². The molecule has 0 aromatic heterocycles. The van der Waals surface area contributed by atoms with Crippen LogP contribution in [0.4, 0.5) is 0 Å². The van der Waals surface area contributed by atoms with Crippen LogP contribution in [0.25, 0.3) is 0 Å². The SMILES string of the molecule is CC(C)(O)C#CC1=C(C(C)(C)O)[Se]CC1. The molecule has 2 nitrogen and oxygen atoms in total. The first kappa shape index (κ1) is 12.8. The van der Waals surface area contributed by atoms with Crippen molar-refractivity contribution in [2.24, 2.45) is 0 Å². The summed E-state index contributed by atoms with van der Waals surface area (Å²) in [6.07, 6.45) is 0.947. The zero-order chi connectivity index (χ0) is 11.7. The molecule has 1 aliphatic rings. The summed E-state index contributed by atoms with van der Waals surface area (Å²) in [5, 5.41) is 20.6. The molecule has 84 valence electrons. The van der Waals surface area contributed by atoms with E-state index in [1.54, 1.807) is 27.7 Å². The molecule has 0 aromatic carbocycles. The molecule has 0 aromatic rings. The van der Waals surface area contributed by atoms with E-state index in [1.165, 1.54) is 0 Å². The van der Waals surface area contributed by atoms with Crippen molar-refractivity contribution in [1.82, 2.24) is 0 Å². The summed E-state index contributed by atoms with van der Waals surface area (Å²) >= 11 is 0.363. The topological polar surface area (TPSA) is 40.5 Å². The molecule has 0 atom stereocenters. The van der Waals surface area contributed by atoms with E-state index in [-0.39, 0.29) is 0 Å². The van der Waals surface area contributed by atoms with E-state index in [2.05, 4.69) is 11.8 Å². The molecule has 0 fully saturated rings. The molecule has 15 heavy (non-hydrogen) atoms. The molecule has 1 aliphatic heterocycles. The van der Waals surface area contributed by atoms with Gasteiger partial charge in [0.2, 0.25) is 0 Å². The van der Waals surface area contributed by atoms with Gasteiger partial charge in [-0.2, -0.15) is 0 Å². The summed E-state index contributed by atoms with van der Waals surface area (Å²) in [5.74, 6) is 5.83. The van der Waals surface area contributed by atoms with Crippen molar-refractivity contribution >= 4 is 15.0 Å². The normalized spacial score (nSPS) is 17.7. The Labute approximate surface area is 97.9 Å². The van der Waals surface area contributed by atoms with Crippen molar-refractivity contribution in [3.05, 3.63) is 10.0 Å². The Morgan fingerprint density at radius 3 is 2.27 bits per heavy atom. The van der Waals surface area contributed by atoms with E-state index in [1.807, 2.05) is 0 Å². The second-order valence-electron chi connectivity index (χ2n) is 4.77. The predicted octanol–water partition coefficient (Wildman–Crippen LogP) is 1.31. The van der Waals surface area contributed by atoms with Crippen molar-refractivity contribution in [2.75, 3.05) is 0 Å². The molecule has 2 N–H and O–H groups in total. The number of aliphatic hydroxyl groups is 2. The zero-order valence-electron chi connectivity index (χ0n) is 9.72. The van der Waals surface area contributed by atoms with Gasteiger partial charge in [0, 0.05) is 0 Å². The Morgan fingerprint density at radius 2 is 1.80 bits per heavy atom. The molecule has 0 aliphatic carbocycles. The summed E-state index contributed by atoms with van der Waals surface area (Å²) in [6.45, 7) is 6.96. The summed E-state index contributed by atoms with van der Waals surface area (Å²) in [5.41, 5.74) is -0.669. The number of hydrogen-bond acceptors (Lipinski definition) is 2. The van der Waals surface area contributed by atoms with Gasteiger partial charge in [0.05, 0.1) is 0 Å². The van der Waals surface area contributed by atoms with E-state index >= 15 is 0 Å². The molecule has 0 unspecified atom stereocenters. The van der Waals surface area contributed by atoms with E-state index in [0.717, 1.165) is 21.8 Å². The van der Waals surface area contributed by atoms with Gasteiger partial charge in [-0.3, -0.25) is 0 Å². The molecule has 3 heteroatoms.